The van der Waals surface area contributed by atoms with Crippen LogP contribution in [-0.4, -0.2) is 20.1 Å². The van der Waals surface area contributed by atoms with Crippen LogP contribution < -0.4 is 0 Å². The van der Waals surface area contributed by atoms with Crippen LogP contribution in [0.5, 0.6) is 5.88 Å². The predicted molar refractivity (Wildman–Crippen MR) is 27.4 cm³/mol. The summed E-state index contributed by atoms with van der Waals surface area (Å²) >= 11 is 0. The van der Waals surface area contributed by atoms with E-state index in [9.17, 15) is 0 Å². The SMILES string of the molecule is Cc1nn(C)nc1O. The van der Waals surface area contributed by atoms with Crippen molar-refractivity contribution in [2.24, 2.45) is 7.05 Å². The molecule has 1 N–H and O–H groups in total. The van der Waals surface area contributed by atoms with Crippen LogP contribution in [0.15, 0.2) is 0 Å². The number of hydrogen-bond acceptors (Lipinski definition) is 3. The van der Waals surface area contributed by atoms with E-state index in [2.05, 4.69) is 10.2 Å². The van der Waals surface area contributed by atoms with Crippen molar-refractivity contribution in [3.05, 3.63) is 5.69 Å². The van der Waals surface area contributed by atoms with Crippen LogP contribution in [0.2, 0.25) is 0 Å². The van der Waals surface area contributed by atoms with Gasteiger partial charge in [-0.1, -0.05) is 0 Å². The van der Waals surface area contributed by atoms with E-state index in [-0.39, 0.29) is 5.88 Å². The van der Waals surface area contributed by atoms with Gasteiger partial charge in [0.2, 0.25) is 0 Å². The average Bonchev–Trinajstić information content (AvgIpc) is 1.85. The summed E-state index contributed by atoms with van der Waals surface area (Å²) in [6, 6.07) is 0. The zero-order valence-electron chi connectivity index (χ0n) is 4.79. The Balaban J connectivity index is 3.14. The maximum atomic E-state index is 8.75. The van der Waals surface area contributed by atoms with Gasteiger partial charge < -0.3 is 5.11 Å². The van der Waals surface area contributed by atoms with E-state index in [0.717, 1.165) is 0 Å². The molecule has 0 spiro atoms. The molecule has 0 amide bonds. The number of aromatic hydroxyl groups is 1. The molecule has 0 aliphatic carbocycles. The van der Waals surface area contributed by atoms with Crippen LogP contribution in [0.25, 0.3) is 0 Å². The predicted octanol–water partition coefficient (Wildman–Crippen LogP) is -0.171. The van der Waals surface area contributed by atoms with Crippen LogP contribution in [0.4, 0.5) is 0 Å². The average molecular weight is 113 g/mol. The minimum Gasteiger partial charge on any atom is -0.491 e. The lowest BCUT2D eigenvalue weighted by Crippen LogP contribution is -1.91. The van der Waals surface area contributed by atoms with Gasteiger partial charge >= 0.3 is 0 Å². The molecule has 1 rings (SSSR count). The topological polar surface area (TPSA) is 50.9 Å². The lowest BCUT2D eigenvalue weighted by Gasteiger charge is -1.76. The van der Waals surface area contributed by atoms with Crippen molar-refractivity contribution in [3.8, 4) is 5.88 Å². The first-order valence-electron chi connectivity index (χ1n) is 2.27. The Kier molecular flexibility index (Phi) is 0.932. The Hall–Kier alpha value is -1.06. The molecule has 0 atom stereocenters. The van der Waals surface area contributed by atoms with Gasteiger partial charge in [0, 0.05) is 7.05 Å². The molecule has 1 aromatic heterocycles. The van der Waals surface area contributed by atoms with Crippen LogP contribution in [0.1, 0.15) is 5.69 Å². The molecule has 8 heavy (non-hydrogen) atoms. The standard InChI is InChI=1S/C4H7N3O/c1-3-4(8)6-7(2)5-3/h1-2H3,(H,6,8). The van der Waals surface area contributed by atoms with Gasteiger partial charge in [0.15, 0.2) is 0 Å². The Morgan fingerprint density at radius 2 is 2.12 bits per heavy atom. The fourth-order valence-corrected chi connectivity index (χ4v) is 0.494. The first-order chi connectivity index (χ1) is 3.70. The number of aryl methyl sites for hydroxylation is 2. The van der Waals surface area contributed by atoms with E-state index in [1.807, 2.05) is 0 Å². The van der Waals surface area contributed by atoms with Crippen LogP contribution in [0.3, 0.4) is 0 Å². The molecule has 1 aromatic rings. The first-order valence-corrected chi connectivity index (χ1v) is 2.27. The van der Waals surface area contributed by atoms with Crippen molar-refractivity contribution in [1.29, 1.82) is 0 Å². The summed E-state index contributed by atoms with van der Waals surface area (Å²) in [6.07, 6.45) is 0. The van der Waals surface area contributed by atoms with E-state index in [1.165, 1.54) is 4.80 Å². The third-order valence-electron chi connectivity index (χ3n) is 0.858. The molecule has 0 aromatic carbocycles. The Morgan fingerprint density at radius 1 is 1.50 bits per heavy atom. The normalized spacial score (nSPS) is 9.75. The number of hydrogen-bond donors (Lipinski definition) is 1. The Labute approximate surface area is 46.8 Å². The minimum absolute atomic E-state index is 0.00694. The molecule has 1 heterocycles. The van der Waals surface area contributed by atoms with Gasteiger partial charge in [-0.2, -0.15) is 9.90 Å². The molecule has 0 unspecified atom stereocenters. The highest BCUT2D eigenvalue weighted by Gasteiger charge is 1.98. The largest absolute Gasteiger partial charge is 0.491 e. The fourth-order valence-electron chi connectivity index (χ4n) is 0.494. The second kappa shape index (κ2) is 1.47. The lowest BCUT2D eigenvalue weighted by atomic mass is 10.5. The molecule has 0 aliphatic rings. The molecule has 0 saturated heterocycles. The molecular weight excluding hydrogens is 106 g/mol. The highest BCUT2D eigenvalue weighted by Crippen LogP contribution is 2.04. The highest BCUT2D eigenvalue weighted by atomic mass is 16.3. The number of rotatable bonds is 0. The lowest BCUT2D eigenvalue weighted by molar-refractivity contribution is 0.440. The third kappa shape index (κ3) is 0.641. The molecule has 0 bridgehead atoms. The minimum atomic E-state index is 0.00694. The molecular formula is C4H7N3O. The van der Waals surface area contributed by atoms with Crippen LogP contribution in [0, 0.1) is 6.92 Å². The molecule has 44 valence electrons. The summed E-state index contributed by atoms with van der Waals surface area (Å²) < 4.78 is 0. The molecule has 0 saturated carbocycles. The maximum Gasteiger partial charge on any atom is 0.254 e. The second-order valence-electron chi connectivity index (χ2n) is 1.60. The quantitative estimate of drug-likeness (QED) is 0.508. The second-order valence-corrected chi connectivity index (χ2v) is 1.60. The Morgan fingerprint density at radius 3 is 2.25 bits per heavy atom. The van der Waals surface area contributed by atoms with E-state index in [4.69, 9.17) is 5.11 Å². The van der Waals surface area contributed by atoms with Gasteiger partial charge in [-0.25, -0.2) is 0 Å². The fraction of sp³-hybridized carbons (Fsp3) is 0.500. The van der Waals surface area contributed by atoms with Gasteiger partial charge in [-0.15, -0.1) is 5.10 Å². The molecule has 0 fully saturated rings. The van der Waals surface area contributed by atoms with Crippen molar-refractivity contribution >= 4 is 0 Å². The maximum absolute atomic E-state index is 8.75. The Bertz CT molecular complexity index is 174. The molecule has 0 aliphatic heterocycles. The van der Waals surface area contributed by atoms with Gasteiger partial charge in [0.05, 0.1) is 0 Å². The van der Waals surface area contributed by atoms with E-state index in [1.54, 1.807) is 14.0 Å². The van der Waals surface area contributed by atoms with Crippen LogP contribution >= 0.6 is 0 Å². The molecule has 0 radical (unpaired) electrons. The van der Waals surface area contributed by atoms with Crippen LogP contribution in [-0.2, 0) is 7.05 Å². The van der Waals surface area contributed by atoms with Crippen molar-refractivity contribution in [1.82, 2.24) is 15.0 Å². The zero-order valence-corrected chi connectivity index (χ0v) is 4.79. The summed E-state index contributed by atoms with van der Waals surface area (Å²) in [4.78, 5) is 1.32. The van der Waals surface area contributed by atoms with E-state index < -0.39 is 0 Å². The highest BCUT2D eigenvalue weighted by molar-refractivity contribution is 5.10. The summed E-state index contributed by atoms with van der Waals surface area (Å²) in [7, 11) is 1.66. The molecule has 4 heteroatoms. The van der Waals surface area contributed by atoms with Gasteiger partial charge in [-0.3, -0.25) is 0 Å². The van der Waals surface area contributed by atoms with E-state index >= 15 is 0 Å². The van der Waals surface area contributed by atoms with Gasteiger partial charge in [0.1, 0.15) is 5.69 Å². The number of aromatic nitrogens is 3. The molecule has 4 nitrogen and oxygen atoms in total. The number of nitrogens with zero attached hydrogens (tertiary/aromatic N) is 3. The third-order valence-corrected chi connectivity index (χ3v) is 0.858. The summed E-state index contributed by atoms with van der Waals surface area (Å²) in [6.45, 7) is 1.70. The van der Waals surface area contributed by atoms with E-state index in [0.29, 0.717) is 5.69 Å². The van der Waals surface area contributed by atoms with Crippen molar-refractivity contribution in [2.45, 2.75) is 6.92 Å². The first kappa shape index (κ1) is 5.08. The smallest absolute Gasteiger partial charge is 0.254 e. The summed E-state index contributed by atoms with van der Waals surface area (Å²) in [5.74, 6) is 0.00694. The van der Waals surface area contributed by atoms with Crippen molar-refractivity contribution in [2.75, 3.05) is 0 Å². The summed E-state index contributed by atoms with van der Waals surface area (Å²) in [5.41, 5.74) is 0.563. The zero-order chi connectivity index (χ0) is 6.15. The summed E-state index contributed by atoms with van der Waals surface area (Å²) in [5, 5.41) is 16.1. The van der Waals surface area contributed by atoms with Gasteiger partial charge in [0.25, 0.3) is 5.88 Å². The monoisotopic (exact) mass is 113 g/mol. The van der Waals surface area contributed by atoms with Gasteiger partial charge in [-0.05, 0) is 6.92 Å². The van der Waals surface area contributed by atoms with Crippen molar-refractivity contribution in [3.63, 3.8) is 0 Å². The van der Waals surface area contributed by atoms with Crippen molar-refractivity contribution < 1.29 is 5.11 Å².